The summed E-state index contributed by atoms with van der Waals surface area (Å²) >= 11 is 0. The number of hydrogen-bond donors (Lipinski definition) is 1. The maximum Gasteiger partial charge on any atom is 0.236 e. The van der Waals surface area contributed by atoms with E-state index in [0.717, 1.165) is 54.8 Å². The van der Waals surface area contributed by atoms with Crippen LogP contribution in [-0.2, 0) is 16.0 Å². The zero-order chi connectivity index (χ0) is 18.8. The van der Waals surface area contributed by atoms with Gasteiger partial charge in [0.15, 0.2) is 0 Å². The molecule has 1 N–H and O–H groups in total. The number of nitrogens with one attached hydrogen (secondary N) is 1. The van der Waals surface area contributed by atoms with Crippen LogP contribution in [0, 0.1) is 0 Å². The molecule has 1 aromatic carbocycles. The number of carbonyl (C=O) groups excluding carboxylic acids is 2. The first-order chi connectivity index (χ1) is 13.2. The number of amides is 2. The lowest BCUT2D eigenvalue weighted by Gasteiger charge is -2.41. The Balaban J connectivity index is 1.44. The first kappa shape index (κ1) is 17.9. The molecule has 4 rings (SSSR count). The topological polar surface area (TPSA) is 75.0 Å². The average molecular weight is 371 g/mol. The Bertz CT molecular complexity index is 847. The van der Waals surface area contributed by atoms with Gasteiger partial charge in [-0.15, -0.1) is 0 Å². The number of piperazine rings is 1. The number of rotatable bonds is 4. The number of furan rings is 1. The number of benzene rings is 1. The molecule has 7 nitrogen and oxygen atoms in total. The number of piperidine rings is 1. The largest absolute Gasteiger partial charge is 0.497 e. The van der Waals surface area contributed by atoms with Crippen LogP contribution in [0.5, 0.6) is 5.75 Å². The Morgan fingerprint density at radius 1 is 1.37 bits per heavy atom. The predicted octanol–water partition coefficient (Wildman–Crippen LogP) is 1.41. The van der Waals surface area contributed by atoms with Gasteiger partial charge in [-0.25, -0.2) is 0 Å². The van der Waals surface area contributed by atoms with Gasteiger partial charge in [0.2, 0.25) is 11.8 Å². The molecule has 0 aliphatic carbocycles. The molecule has 7 heteroatoms. The molecule has 2 aliphatic heterocycles. The molecule has 0 radical (unpaired) electrons. The molecule has 27 heavy (non-hydrogen) atoms. The quantitative estimate of drug-likeness (QED) is 0.880. The van der Waals surface area contributed by atoms with Crippen molar-refractivity contribution >= 4 is 22.8 Å². The van der Waals surface area contributed by atoms with Crippen molar-refractivity contribution < 1.29 is 18.7 Å². The highest BCUT2D eigenvalue weighted by molar-refractivity contribution is 5.88. The Kier molecular flexibility index (Phi) is 5.03. The summed E-state index contributed by atoms with van der Waals surface area (Å²) in [7, 11) is 1.62. The smallest absolute Gasteiger partial charge is 0.236 e. The number of fused-ring (bicyclic) bond motifs is 1. The third-order valence-electron chi connectivity index (χ3n) is 5.52. The SMILES string of the molecule is COc1ccc2c(CC(=O)N3CCCC(N4CCNCC4=O)C3)coc2c1. The normalized spacial score (nSPS) is 20.9. The minimum Gasteiger partial charge on any atom is -0.497 e. The van der Waals surface area contributed by atoms with Crippen molar-refractivity contribution in [1.82, 2.24) is 15.1 Å². The van der Waals surface area contributed by atoms with Crippen LogP contribution in [0.3, 0.4) is 0 Å². The second kappa shape index (κ2) is 7.60. The number of likely N-dealkylation sites (tertiary alicyclic amines) is 1. The Labute approximate surface area is 158 Å². The van der Waals surface area contributed by atoms with Gasteiger partial charge in [0.05, 0.1) is 26.3 Å². The van der Waals surface area contributed by atoms with Crippen LogP contribution in [0.2, 0.25) is 0 Å². The highest BCUT2D eigenvalue weighted by Crippen LogP contribution is 2.27. The van der Waals surface area contributed by atoms with Gasteiger partial charge >= 0.3 is 0 Å². The number of carbonyl (C=O) groups is 2. The zero-order valence-corrected chi connectivity index (χ0v) is 15.6. The molecule has 0 bridgehead atoms. The Morgan fingerprint density at radius 2 is 2.26 bits per heavy atom. The fourth-order valence-electron chi connectivity index (χ4n) is 4.05. The third kappa shape index (κ3) is 3.64. The van der Waals surface area contributed by atoms with Gasteiger partial charge in [-0.1, -0.05) is 0 Å². The van der Waals surface area contributed by atoms with Gasteiger partial charge < -0.3 is 24.3 Å². The third-order valence-corrected chi connectivity index (χ3v) is 5.52. The van der Waals surface area contributed by atoms with Crippen molar-refractivity contribution in [1.29, 1.82) is 0 Å². The molecule has 2 aliphatic rings. The van der Waals surface area contributed by atoms with E-state index in [1.165, 1.54) is 0 Å². The maximum absolute atomic E-state index is 12.9. The van der Waals surface area contributed by atoms with E-state index < -0.39 is 0 Å². The summed E-state index contributed by atoms with van der Waals surface area (Å²) in [5, 5.41) is 4.04. The van der Waals surface area contributed by atoms with Crippen LogP contribution in [0.4, 0.5) is 0 Å². The number of ether oxygens (including phenoxy) is 1. The van der Waals surface area contributed by atoms with E-state index in [4.69, 9.17) is 9.15 Å². The second-order valence-electron chi connectivity index (χ2n) is 7.20. The summed E-state index contributed by atoms with van der Waals surface area (Å²) in [5.74, 6) is 0.949. The number of methoxy groups -OCH3 is 1. The highest BCUT2D eigenvalue weighted by Gasteiger charge is 2.31. The molecule has 2 saturated heterocycles. The van der Waals surface area contributed by atoms with Crippen LogP contribution >= 0.6 is 0 Å². The van der Waals surface area contributed by atoms with E-state index in [1.807, 2.05) is 28.0 Å². The summed E-state index contributed by atoms with van der Waals surface area (Å²) in [5.41, 5.74) is 1.61. The monoisotopic (exact) mass is 371 g/mol. The molecular formula is C20H25N3O4. The van der Waals surface area contributed by atoms with E-state index in [9.17, 15) is 9.59 Å². The van der Waals surface area contributed by atoms with Crippen molar-refractivity contribution in [2.75, 3.05) is 39.8 Å². The van der Waals surface area contributed by atoms with Crippen LogP contribution in [-0.4, -0.2) is 67.5 Å². The van der Waals surface area contributed by atoms with Gasteiger partial charge in [-0.3, -0.25) is 9.59 Å². The van der Waals surface area contributed by atoms with Crippen molar-refractivity contribution in [2.24, 2.45) is 0 Å². The summed E-state index contributed by atoms with van der Waals surface area (Å²) in [6, 6.07) is 5.76. The minimum atomic E-state index is 0.0841. The Hall–Kier alpha value is -2.54. The molecule has 1 atom stereocenters. The molecule has 2 aromatic rings. The first-order valence-corrected chi connectivity index (χ1v) is 9.48. The number of hydrogen-bond acceptors (Lipinski definition) is 5. The molecule has 144 valence electrons. The molecule has 0 spiro atoms. The first-order valence-electron chi connectivity index (χ1n) is 9.48. The van der Waals surface area contributed by atoms with Gasteiger partial charge in [-0.05, 0) is 25.0 Å². The predicted molar refractivity (Wildman–Crippen MR) is 101 cm³/mol. The van der Waals surface area contributed by atoms with Crippen molar-refractivity contribution in [3.05, 3.63) is 30.0 Å². The second-order valence-corrected chi connectivity index (χ2v) is 7.20. The summed E-state index contributed by atoms with van der Waals surface area (Å²) < 4.78 is 10.8. The lowest BCUT2D eigenvalue weighted by atomic mass is 10.0. The van der Waals surface area contributed by atoms with Crippen LogP contribution in [0.15, 0.2) is 28.9 Å². The fraction of sp³-hybridized carbons (Fsp3) is 0.500. The van der Waals surface area contributed by atoms with E-state index in [2.05, 4.69) is 5.32 Å². The lowest BCUT2D eigenvalue weighted by Crippen LogP contribution is -2.57. The van der Waals surface area contributed by atoms with Gasteiger partial charge in [0.25, 0.3) is 0 Å². The van der Waals surface area contributed by atoms with Gasteiger partial charge in [-0.2, -0.15) is 0 Å². The summed E-state index contributed by atoms with van der Waals surface area (Å²) in [4.78, 5) is 28.9. The number of nitrogens with zero attached hydrogens (tertiary/aromatic N) is 2. The molecule has 0 saturated carbocycles. The van der Waals surface area contributed by atoms with Crippen molar-refractivity contribution in [3.63, 3.8) is 0 Å². The highest BCUT2D eigenvalue weighted by atomic mass is 16.5. The zero-order valence-electron chi connectivity index (χ0n) is 15.6. The van der Waals surface area contributed by atoms with Crippen molar-refractivity contribution in [3.8, 4) is 5.75 Å². The van der Waals surface area contributed by atoms with Gasteiger partial charge in [0, 0.05) is 49.2 Å². The minimum absolute atomic E-state index is 0.0841. The molecule has 1 unspecified atom stereocenters. The Morgan fingerprint density at radius 3 is 3.07 bits per heavy atom. The van der Waals surface area contributed by atoms with Crippen LogP contribution in [0.25, 0.3) is 11.0 Å². The van der Waals surface area contributed by atoms with Crippen molar-refractivity contribution in [2.45, 2.75) is 25.3 Å². The van der Waals surface area contributed by atoms with Crippen LogP contribution in [0.1, 0.15) is 18.4 Å². The maximum atomic E-state index is 12.9. The molecule has 2 fully saturated rings. The van der Waals surface area contributed by atoms with E-state index >= 15 is 0 Å². The summed E-state index contributed by atoms with van der Waals surface area (Å²) in [6.07, 6.45) is 3.85. The van der Waals surface area contributed by atoms with Gasteiger partial charge in [0.1, 0.15) is 11.3 Å². The van der Waals surface area contributed by atoms with E-state index in [1.54, 1.807) is 13.4 Å². The molecule has 1 aromatic heterocycles. The van der Waals surface area contributed by atoms with Crippen LogP contribution < -0.4 is 10.1 Å². The fourth-order valence-corrected chi connectivity index (χ4v) is 4.05. The van der Waals surface area contributed by atoms with E-state index in [0.29, 0.717) is 19.5 Å². The lowest BCUT2D eigenvalue weighted by molar-refractivity contribution is -0.140. The molecular weight excluding hydrogens is 346 g/mol. The standard InChI is InChI=1S/C20H25N3O4/c1-26-16-4-5-17-14(13-27-18(17)10-16)9-19(24)22-7-2-3-15(12-22)23-8-6-21-11-20(23)25/h4-5,10,13,15,21H,2-3,6-9,11-12H2,1H3. The summed E-state index contributed by atoms with van der Waals surface area (Å²) in [6.45, 7) is 3.31. The van der Waals surface area contributed by atoms with E-state index in [-0.39, 0.29) is 17.9 Å². The molecule has 2 amide bonds. The average Bonchev–Trinajstić information content (AvgIpc) is 3.10. The molecule has 3 heterocycles.